The van der Waals surface area contributed by atoms with Crippen LogP contribution in [0.4, 0.5) is 5.69 Å². The summed E-state index contributed by atoms with van der Waals surface area (Å²) in [4.78, 5) is 10.4. The van der Waals surface area contributed by atoms with E-state index < -0.39 is 5.97 Å². The number of rotatable bonds is 3. The second kappa shape index (κ2) is 5.01. The quantitative estimate of drug-likeness (QED) is 0.850. The maximum absolute atomic E-state index is 10.4. The van der Waals surface area contributed by atoms with E-state index in [0.717, 1.165) is 27.0 Å². The average molecular weight is 292 g/mol. The summed E-state index contributed by atoms with van der Waals surface area (Å²) in [6.45, 7) is 0. The molecule has 3 nitrogen and oxygen atoms in total. The first-order valence-electron chi connectivity index (χ1n) is 5.02. The molecular formula is C13H10BrNO2. The van der Waals surface area contributed by atoms with Crippen LogP contribution in [0.5, 0.6) is 0 Å². The number of hydrogen-bond acceptors (Lipinski definition) is 2. The number of benzene rings is 2. The maximum atomic E-state index is 10.4. The molecule has 0 aliphatic carbocycles. The lowest BCUT2D eigenvalue weighted by Crippen LogP contribution is -1.93. The van der Waals surface area contributed by atoms with E-state index >= 15 is 0 Å². The second-order valence-electron chi connectivity index (χ2n) is 3.46. The minimum Gasteiger partial charge on any atom is -0.478 e. The lowest BCUT2D eigenvalue weighted by Gasteiger charge is -2.07. The molecule has 0 saturated heterocycles. The van der Waals surface area contributed by atoms with Crippen molar-refractivity contribution in [2.75, 3.05) is 5.32 Å². The van der Waals surface area contributed by atoms with Crippen LogP contribution in [0.15, 0.2) is 53.1 Å². The molecule has 4 heteroatoms. The highest BCUT2D eigenvalue weighted by Gasteiger charge is 2.02. The molecule has 2 rings (SSSR count). The van der Waals surface area contributed by atoms with Gasteiger partial charge in [0.25, 0.3) is 0 Å². The van der Waals surface area contributed by atoms with E-state index in [1.165, 1.54) is 6.20 Å². The first kappa shape index (κ1) is 11.7. The van der Waals surface area contributed by atoms with Crippen molar-refractivity contribution >= 4 is 38.4 Å². The Labute approximate surface area is 107 Å². The van der Waals surface area contributed by atoms with Gasteiger partial charge in [0.15, 0.2) is 0 Å². The molecule has 0 atom stereocenters. The maximum Gasteiger partial charge on any atom is 0.329 e. The van der Waals surface area contributed by atoms with E-state index in [1.807, 2.05) is 36.4 Å². The van der Waals surface area contributed by atoms with E-state index in [9.17, 15) is 4.79 Å². The highest BCUT2D eigenvalue weighted by molar-refractivity contribution is 9.10. The number of carboxylic acids is 1. The van der Waals surface area contributed by atoms with Gasteiger partial charge in [-0.25, -0.2) is 4.79 Å². The third-order valence-corrected chi connectivity index (χ3v) is 3.03. The van der Waals surface area contributed by atoms with Gasteiger partial charge < -0.3 is 10.4 Å². The molecule has 0 unspecified atom stereocenters. The van der Waals surface area contributed by atoms with Crippen LogP contribution in [-0.4, -0.2) is 11.1 Å². The smallest absolute Gasteiger partial charge is 0.329 e. The summed E-state index contributed by atoms with van der Waals surface area (Å²) in [5.41, 5.74) is 0.876. The van der Waals surface area contributed by atoms with Crippen LogP contribution in [0.1, 0.15) is 0 Å². The molecule has 0 fully saturated rings. The monoisotopic (exact) mass is 291 g/mol. The third-order valence-electron chi connectivity index (χ3n) is 2.34. The zero-order chi connectivity index (χ0) is 12.3. The summed E-state index contributed by atoms with van der Waals surface area (Å²) >= 11 is 3.48. The minimum absolute atomic E-state index is 0.876. The van der Waals surface area contributed by atoms with Gasteiger partial charge in [-0.2, -0.15) is 0 Å². The zero-order valence-corrected chi connectivity index (χ0v) is 10.4. The van der Waals surface area contributed by atoms with Gasteiger partial charge in [0.1, 0.15) is 0 Å². The summed E-state index contributed by atoms with van der Waals surface area (Å²) in [6, 6.07) is 11.7. The molecular weight excluding hydrogens is 282 g/mol. The fourth-order valence-corrected chi connectivity index (χ4v) is 2.07. The number of fused-ring (bicyclic) bond motifs is 1. The van der Waals surface area contributed by atoms with Gasteiger partial charge in [-0.05, 0) is 17.5 Å². The molecule has 0 radical (unpaired) electrons. The molecule has 0 aliphatic heterocycles. The number of carbonyl (C=O) groups is 1. The molecule has 0 aliphatic rings. The molecule has 0 heterocycles. The van der Waals surface area contributed by atoms with E-state index in [1.54, 1.807) is 0 Å². The third kappa shape index (κ3) is 2.65. The number of hydrogen-bond donors (Lipinski definition) is 2. The lowest BCUT2D eigenvalue weighted by molar-refractivity contribution is -0.131. The van der Waals surface area contributed by atoms with E-state index in [-0.39, 0.29) is 0 Å². The summed E-state index contributed by atoms with van der Waals surface area (Å²) in [5.74, 6) is -0.973. The number of aliphatic carboxylic acids is 1. The summed E-state index contributed by atoms with van der Waals surface area (Å²) in [7, 11) is 0. The molecule has 0 aromatic heterocycles. The number of nitrogens with one attached hydrogen (secondary N) is 1. The fourth-order valence-electron chi connectivity index (χ4n) is 1.59. The number of carboxylic acid groups (broad SMARTS) is 1. The Kier molecular flexibility index (Phi) is 3.44. The Morgan fingerprint density at radius 3 is 2.59 bits per heavy atom. The van der Waals surface area contributed by atoms with Crippen LogP contribution in [0.25, 0.3) is 10.8 Å². The van der Waals surface area contributed by atoms with Crippen molar-refractivity contribution in [3.8, 4) is 0 Å². The summed E-state index contributed by atoms with van der Waals surface area (Å²) in [6.07, 6.45) is 2.48. The van der Waals surface area contributed by atoms with Crippen molar-refractivity contribution in [1.82, 2.24) is 0 Å². The molecule has 2 N–H and O–H groups in total. The number of halogens is 1. The Bertz CT molecular complexity index is 593. The molecule has 0 spiro atoms. The first-order valence-corrected chi connectivity index (χ1v) is 5.81. The van der Waals surface area contributed by atoms with Crippen molar-refractivity contribution in [1.29, 1.82) is 0 Å². The van der Waals surface area contributed by atoms with Gasteiger partial charge in [-0.15, -0.1) is 0 Å². The van der Waals surface area contributed by atoms with Gasteiger partial charge in [-0.1, -0.05) is 40.2 Å². The highest BCUT2D eigenvalue weighted by Crippen LogP contribution is 2.29. The molecule has 0 saturated carbocycles. The Morgan fingerprint density at radius 1 is 1.18 bits per heavy atom. The number of anilines is 1. The molecule has 2 aromatic carbocycles. The SMILES string of the molecule is O=C(O)/C=C/Nc1ccc(Br)c2ccccc12. The topological polar surface area (TPSA) is 49.3 Å². The van der Waals surface area contributed by atoms with Gasteiger partial charge in [0.05, 0.1) is 0 Å². The predicted molar refractivity (Wildman–Crippen MR) is 72.0 cm³/mol. The zero-order valence-electron chi connectivity index (χ0n) is 8.85. The predicted octanol–water partition coefficient (Wildman–Crippen LogP) is 3.61. The first-order chi connectivity index (χ1) is 8.18. The van der Waals surface area contributed by atoms with Crippen LogP contribution in [0.2, 0.25) is 0 Å². The summed E-state index contributed by atoms with van der Waals surface area (Å²) in [5, 5.41) is 13.6. The molecule has 86 valence electrons. The Hall–Kier alpha value is -1.81. The van der Waals surface area contributed by atoms with Crippen molar-refractivity contribution in [3.63, 3.8) is 0 Å². The fraction of sp³-hybridized carbons (Fsp3) is 0. The van der Waals surface area contributed by atoms with Gasteiger partial charge >= 0.3 is 5.97 Å². The van der Waals surface area contributed by atoms with Crippen LogP contribution in [0.3, 0.4) is 0 Å². The molecule has 2 aromatic rings. The average Bonchev–Trinajstić information content (AvgIpc) is 2.32. The lowest BCUT2D eigenvalue weighted by atomic mass is 10.1. The minimum atomic E-state index is -0.973. The van der Waals surface area contributed by atoms with Crippen molar-refractivity contribution < 1.29 is 9.90 Å². The normalized spacial score (nSPS) is 10.9. The van der Waals surface area contributed by atoms with E-state index in [4.69, 9.17) is 5.11 Å². The summed E-state index contributed by atoms with van der Waals surface area (Å²) < 4.78 is 1.01. The Morgan fingerprint density at radius 2 is 1.88 bits per heavy atom. The van der Waals surface area contributed by atoms with E-state index in [0.29, 0.717) is 0 Å². The van der Waals surface area contributed by atoms with Crippen molar-refractivity contribution in [2.24, 2.45) is 0 Å². The van der Waals surface area contributed by atoms with Crippen LogP contribution < -0.4 is 5.32 Å². The van der Waals surface area contributed by atoms with Gasteiger partial charge in [0, 0.05) is 27.8 Å². The van der Waals surface area contributed by atoms with Crippen LogP contribution in [-0.2, 0) is 4.79 Å². The van der Waals surface area contributed by atoms with Crippen LogP contribution >= 0.6 is 15.9 Å². The standard InChI is InChI=1S/C13H10BrNO2/c14-11-5-6-12(15-8-7-13(16)17)10-4-2-1-3-9(10)11/h1-8,15H,(H,16,17)/b8-7+. The second-order valence-corrected chi connectivity index (χ2v) is 4.31. The van der Waals surface area contributed by atoms with E-state index in [2.05, 4.69) is 21.2 Å². The van der Waals surface area contributed by atoms with Crippen molar-refractivity contribution in [2.45, 2.75) is 0 Å². The van der Waals surface area contributed by atoms with Gasteiger partial charge in [0.2, 0.25) is 0 Å². The molecule has 0 bridgehead atoms. The largest absolute Gasteiger partial charge is 0.478 e. The van der Waals surface area contributed by atoms with Crippen molar-refractivity contribution in [3.05, 3.63) is 53.1 Å². The van der Waals surface area contributed by atoms with Crippen LogP contribution in [0, 0.1) is 0 Å². The molecule has 0 amide bonds. The highest BCUT2D eigenvalue weighted by atomic mass is 79.9. The molecule has 17 heavy (non-hydrogen) atoms. The van der Waals surface area contributed by atoms with Gasteiger partial charge in [-0.3, -0.25) is 0 Å². The Balaban J connectivity index is 2.41.